The quantitative estimate of drug-likeness (QED) is 0.908. The molecular weight excluding hydrogens is 284 g/mol. The van der Waals surface area contributed by atoms with Crippen molar-refractivity contribution in [1.82, 2.24) is 0 Å². The van der Waals surface area contributed by atoms with Crippen LogP contribution in [0, 0.1) is 0 Å². The lowest BCUT2D eigenvalue weighted by Crippen LogP contribution is -2.21. The number of benzene rings is 1. The molecule has 1 aliphatic carbocycles. The van der Waals surface area contributed by atoms with Gasteiger partial charge < -0.3 is 5.11 Å². The zero-order chi connectivity index (χ0) is 11.8. The average molecular weight is 301 g/mol. The zero-order valence-electron chi connectivity index (χ0n) is 9.66. The monoisotopic (exact) mass is 300 g/mol. The van der Waals surface area contributed by atoms with E-state index in [1.54, 1.807) is 0 Å². The summed E-state index contributed by atoms with van der Waals surface area (Å²) in [5.74, 6) is 0. The molecule has 1 aromatic carbocycles. The molecule has 0 radical (unpaired) electrons. The summed E-state index contributed by atoms with van der Waals surface area (Å²) in [7, 11) is 0. The van der Waals surface area contributed by atoms with Crippen molar-refractivity contribution in [3.05, 3.63) is 28.2 Å². The maximum Gasteiger partial charge on any atom is 0.0522 e. The van der Waals surface area contributed by atoms with Gasteiger partial charge in [-0.3, -0.25) is 0 Å². The van der Waals surface area contributed by atoms with Crippen LogP contribution in [0.25, 0.3) is 0 Å². The average Bonchev–Trinajstić information content (AvgIpc) is 3.05. The molecular formula is C13H17BrOS. The van der Waals surface area contributed by atoms with Crippen LogP contribution in [-0.4, -0.2) is 17.0 Å². The van der Waals surface area contributed by atoms with Gasteiger partial charge >= 0.3 is 0 Å². The number of aliphatic hydroxyl groups is 1. The molecule has 1 aliphatic rings. The van der Waals surface area contributed by atoms with E-state index in [9.17, 15) is 5.11 Å². The van der Waals surface area contributed by atoms with Crippen LogP contribution in [0.2, 0.25) is 0 Å². The van der Waals surface area contributed by atoms with Crippen molar-refractivity contribution in [3.63, 3.8) is 0 Å². The smallest absolute Gasteiger partial charge is 0.0522 e. The Bertz CT molecular complexity index is 386. The van der Waals surface area contributed by atoms with Crippen molar-refractivity contribution in [2.24, 2.45) is 0 Å². The maximum absolute atomic E-state index is 9.34. The molecule has 1 nitrogen and oxygen atoms in total. The first-order valence-electron chi connectivity index (χ1n) is 5.60. The third-order valence-electron chi connectivity index (χ3n) is 2.93. The molecule has 0 aliphatic heterocycles. The van der Waals surface area contributed by atoms with E-state index in [4.69, 9.17) is 0 Å². The van der Waals surface area contributed by atoms with Crippen molar-refractivity contribution in [1.29, 1.82) is 0 Å². The predicted octanol–water partition coefficient (Wildman–Crippen LogP) is 3.97. The Morgan fingerprint density at radius 3 is 2.62 bits per heavy atom. The van der Waals surface area contributed by atoms with E-state index in [0.29, 0.717) is 0 Å². The van der Waals surface area contributed by atoms with Crippen molar-refractivity contribution < 1.29 is 5.11 Å². The highest BCUT2D eigenvalue weighted by Crippen LogP contribution is 2.42. The van der Waals surface area contributed by atoms with Gasteiger partial charge in [0.25, 0.3) is 0 Å². The minimum Gasteiger partial charge on any atom is -0.395 e. The van der Waals surface area contributed by atoms with Crippen LogP contribution in [-0.2, 0) is 5.41 Å². The lowest BCUT2D eigenvalue weighted by atomic mass is 9.86. The van der Waals surface area contributed by atoms with Gasteiger partial charge in [0.1, 0.15) is 0 Å². The van der Waals surface area contributed by atoms with Crippen LogP contribution in [0.1, 0.15) is 32.3 Å². The second-order valence-corrected chi connectivity index (χ2v) is 7.20. The number of thioether (sulfide) groups is 1. The predicted molar refractivity (Wildman–Crippen MR) is 73.1 cm³/mol. The molecule has 0 bridgehead atoms. The molecule has 0 unspecified atom stereocenters. The minimum atomic E-state index is -0.161. The zero-order valence-corrected chi connectivity index (χ0v) is 12.1. The van der Waals surface area contributed by atoms with Gasteiger partial charge in [-0.2, -0.15) is 0 Å². The van der Waals surface area contributed by atoms with Crippen LogP contribution in [0.4, 0.5) is 0 Å². The molecule has 0 aromatic heterocycles. The SMILES string of the molecule is CC(C)(CO)c1ccc(SC2CC2)c(Br)c1. The fraction of sp³-hybridized carbons (Fsp3) is 0.538. The van der Waals surface area contributed by atoms with Crippen molar-refractivity contribution in [2.75, 3.05) is 6.61 Å². The van der Waals surface area contributed by atoms with Gasteiger partial charge in [-0.05, 0) is 46.5 Å². The molecule has 88 valence electrons. The molecule has 3 heteroatoms. The normalized spacial score (nSPS) is 16.5. The molecule has 0 heterocycles. The van der Waals surface area contributed by atoms with Gasteiger partial charge in [0.05, 0.1) is 6.61 Å². The summed E-state index contributed by atoms with van der Waals surface area (Å²) < 4.78 is 1.16. The molecule has 1 aromatic rings. The number of rotatable bonds is 4. The van der Waals surface area contributed by atoms with E-state index in [1.165, 1.54) is 23.3 Å². The standard InChI is InChI=1S/C13H17BrOS/c1-13(2,8-15)9-3-6-12(11(14)7-9)16-10-4-5-10/h3,6-7,10,15H,4-5,8H2,1-2H3. The summed E-state index contributed by atoms with van der Waals surface area (Å²) in [5.41, 5.74) is 1.02. The Morgan fingerprint density at radius 2 is 2.12 bits per heavy atom. The highest BCUT2D eigenvalue weighted by Gasteiger charge is 2.25. The molecule has 0 amide bonds. The first kappa shape index (κ1) is 12.5. The lowest BCUT2D eigenvalue weighted by molar-refractivity contribution is 0.218. The molecule has 16 heavy (non-hydrogen) atoms. The summed E-state index contributed by atoms with van der Waals surface area (Å²) in [5, 5.41) is 10.2. The molecule has 1 N–H and O–H groups in total. The summed E-state index contributed by atoms with van der Waals surface area (Å²) >= 11 is 5.58. The van der Waals surface area contributed by atoms with Crippen LogP contribution < -0.4 is 0 Å². The Balaban J connectivity index is 2.21. The molecule has 1 fully saturated rings. The summed E-state index contributed by atoms with van der Waals surface area (Å²) in [6, 6.07) is 6.44. The second-order valence-electron chi connectivity index (χ2n) is 5.00. The van der Waals surface area contributed by atoms with E-state index >= 15 is 0 Å². The minimum absolute atomic E-state index is 0.161. The van der Waals surface area contributed by atoms with Crippen LogP contribution in [0.5, 0.6) is 0 Å². The van der Waals surface area contributed by atoms with Gasteiger partial charge in [-0.25, -0.2) is 0 Å². The van der Waals surface area contributed by atoms with E-state index in [1.807, 2.05) is 11.8 Å². The molecule has 1 saturated carbocycles. The number of aliphatic hydroxyl groups excluding tert-OH is 1. The van der Waals surface area contributed by atoms with Crippen molar-refractivity contribution in [3.8, 4) is 0 Å². The lowest BCUT2D eigenvalue weighted by Gasteiger charge is -2.23. The Kier molecular flexibility index (Phi) is 3.67. The summed E-state index contributed by atoms with van der Waals surface area (Å²) in [6.07, 6.45) is 2.70. The van der Waals surface area contributed by atoms with Crippen molar-refractivity contribution in [2.45, 2.75) is 42.2 Å². The first-order valence-corrected chi connectivity index (χ1v) is 7.28. The Hall–Kier alpha value is 0.01000. The van der Waals surface area contributed by atoms with Gasteiger partial charge in [0.2, 0.25) is 0 Å². The number of hydrogen-bond donors (Lipinski definition) is 1. The van der Waals surface area contributed by atoms with Crippen molar-refractivity contribution >= 4 is 27.7 Å². The van der Waals surface area contributed by atoms with E-state index in [2.05, 4.69) is 48.0 Å². The van der Waals surface area contributed by atoms with Gasteiger partial charge in [0.15, 0.2) is 0 Å². The van der Waals surface area contributed by atoms with E-state index < -0.39 is 0 Å². The molecule has 0 spiro atoms. The third-order valence-corrected chi connectivity index (χ3v) is 5.26. The van der Waals surface area contributed by atoms with E-state index in [-0.39, 0.29) is 12.0 Å². The topological polar surface area (TPSA) is 20.2 Å². The second kappa shape index (κ2) is 4.71. The Morgan fingerprint density at radius 1 is 1.44 bits per heavy atom. The van der Waals surface area contributed by atoms with Crippen LogP contribution in [0.15, 0.2) is 27.6 Å². The van der Waals surface area contributed by atoms with Gasteiger partial charge in [0, 0.05) is 20.0 Å². The fourth-order valence-electron chi connectivity index (χ4n) is 1.47. The van der Waals surface area contributed by atoms with Gasteiger partial charge in [-0.1, -0.05) is 19.9 Å². The largest absolute Gasteiger partial charge is 0.395 e. The van der Waals surface area contributed by atoms with Crippen LogP contribution in [0.3, 0.4) is 0 Å². The van der Waals surface area contributed by atoms with Gasteiger partial charge in [-0.15, -0.1) is 11.8 Å². The number of hydrogen-bond acceptors (Lipinski definition) is 2. The molecule has 0 saturated heterocycles. The maximum atomic E-state index is 9.34. The third kappa shape index (κ3) is 2.82. The summed E-state index contributed by atoms with van der Waals surface area (Å²) in [6.45, 7) is 4.29. The highest BCUT2D eigenvalue weighted by molar-refractivity contribution is 9.10. The Labute approximate surface area is 110 Å². The molecule has 2 rings (SSSR count). The number of halogens is 1. The van der Waals surface area contributed by atoms with E-state index in [0.717, 1.165) is 9.72 Å². The first-order chi connectivity index (χ1) is 7.53. The highest BCUT2D eigenvalue weighted by atomic mass is 79.9. The van der Waals surface area contributed by atoms with Crippen LogP contribution >= 0.6 is 27.7 Å². The molecule has 0 atom stereocenters. The summed E-state index contributed by atoms with van der Waals surface area (Å²) in [4.78, 5) is 1.32. The fourth-order valence-corrected chi connectivity index (χ4v) is 3.18.